The first-order valence-electron chi connectivity index (χ1n) is 6.83. The fourth-order valence-electron chi connectivity index (χ4n) is 2.97. The van der Waals surface area contributed by atoms with Gasteiger partial charge in [0.15, 0.2) is 0 Å². The summed E-state index contributed by atoms with van der Waals surface area (Å²) in [7, 11) is 1.86. The van der Waals surface area contributed by atoms with Gasteiger partial charge < -0.3 is 10.6 Å². The van der Waals surface area contributed by atoms with Crippen LogP contribution >= 0.6 is 11.6 Å². The molecule has 0 aromatic heterocycles. The fourth-order valence-corrected chi connectivity index (χ4v) is 3.23. The van der Waals surface area contributed by atoms with Crippen LogP contribution in [0.1, 0.15) is 43.0 Å². The van der Waals surface area contributed by atoms with Crippen molar-refractivity contribution in [1.82, 2.24) is 4.90 Å². The van der Waals surface area contributed by atoms with E-state index in [0.29, 0.717) is 22.2 Å². The van der Waals surface area contributed by atoms with Gasteiger partial charge in [-0.3, -0.25) is 4.79 Å². The molecule has 19 heavy (non-hydrogen) atoms. The Kier molecular flexibility index (Phi) is 4.35. The maximum absolute atomic E-state index is 12.6. The molecule has 0 radical (unpaired) electrons. The quantitative estimate of drug-likeness (QED) is 0.842. The van der Waals surface area contributed by atoms with Gasteiger partial charge in [0.1, 0.15) is 0 Å². The zero-order valence-corrected chi connectivity index (χ0v) is 12.3. The average Bonchev–Trinajstić information content (AvgIpc) is 2.38. The molecule has 1 aliphatic carbocycles. The Morgan fingerprint density at radius 3 is 2.68 bits per heavy atom. The van der Waals surface area contributed by atoms with E-state index in [1.165, 1.54) is 19.3 Å². The summed E-state index contributed by atoms with van der Waals surface area (Å²) < 4.78 is 0. The van der Waals surface area contributed by atoms with Crippen molar-refractivity contribution in [1.29, 1.82) is 0 Å². The van der Waals surface area contributed by atoms with Crippen LogP contribution in [-0.4, -0.2) is 23.9 Å². The van der Waals surface area contributed by atoms with Gasteiger partial charge in [-0.1, -0.05) is 37.4 Å². The average molecular weight is 281 g/mol. The van der Waals surface area contributed by atoms with Crippen LogP contribution in [0.2, 0.25) is 5.02 Å². The molecule has 2 N–H and O–H groups in total. The molecule has 0 aliphatic heterocycles. The summed E-state index contributed by atoms with van der Waals surface area (Å²) in [4.78, 5) is 14.4. The number of amides is 1. The molecule has 1 amide bonds. The summed E-state index contributed by atoms with van der Waals surface area (Å²) in [6.45, 7) is 2.21. The third kappa shape index (κ3) is 2.86. The van der Waals surface area contributed by atoms with Crippen molar-refractivity contribution in [3.05, 3.63) is 28.8 Å². The molecule has 0 spiro atoms. The van der Waals surface area contributed by atoms with Gasteiger partial charge in [0, 0.05) is 18.8 Å². The van der Waals surface area contributed by atoms with E-state index in [9.17, 15) is 4.79 Å². The molecule has 3 nitrogen and oxygen atoms in total. The fraction of sp³-hybridized carbons (Fsp3) is 0.533. The van der Waals surface area contributed by atoms with Crippen LogP contribution in [0, 0.1) is 5.92 Å². The van der Waals surface area contributed by atoms with Gasteiger partial charge in [-0.05, 0) is 30.9 Å². The van der Waals surface area contributed by atoms with Crippen LogP contribution in [0.3, 0.4) is 0 Å². The second-order valence-corrected chi connectivity index (χ2v) is 5.86. The van der Waals surface area contributed by atoms with Gasteiger partial charge in [0.25, 0.3) is 5.91 Å². The van der Waals surface area contributed by atoms with Gasteiger partial charge in [-0.25, -0.2) is 0 Å². The molecule has 0 heterocycles. The number of halogens is 1. The number of nitrogens with zero attached hydrogens (tertiary/aromatic N) is 1. The predicted octanol–water partition coefficient (Wildman–Crippen LogP) is 3.57. The van der Waals surface area contributed by atoms with Crippen LogP contribution in [0.25, 0.3) is 0 Å². The van der Waals surface area contributed by atoms with Gasteiger partial charge in [0.2, 0.25) is 0 Å². The van der Waals surface area contributed by atoms with Crippen molar-refractivity contribution in [2.45, 2.75) is 38.6 Å². The lowest BCUT2D eigenvalue weighted by Gasteiger charge is -2.36. The van der Waals surface area contributed by atoms with Crippen molar-refractivity contribution >= 4 is 23.2 Å². The van der Waals surface area contributed by atoms with Gasteiger partial charge in [-0.2, -0.15) is 0 Å². The maximum atomic E-state index is 12.6. The van der Waals surface area contributed by atoms with Gasteiger partial charge in [0.05, 0.1) is 10.6 Å². The minimum atomic E-state index is -0.0677. The van der Waals surface area contributed by atoms with Crippen LogP contribution in [0.4, 0.5) is 5.69 Å². The third-order valence-electron chi connectivity index (χ3n) is 4.14. The lowest BCUT2D eigenvalue weighted by molar-refractivity contribution is 0.0630. The summed E-state index contributed by atoms with van der Waals surface area (Å²) in [5, 5.41) is 0.431. The molecule has 1 saturated carbocycles. The zero-order valence-electron chi connectivity index (χ0n) is 11.5. The summed E-state index contributed by atoms with van der Waals surface area (Å²) in [6.07, 6.45) is 4.69. The first-order valence-corrected chi connectivity index (χ1v) is 7.21. The number of carbonyl (C=O) groups is 1. The van der Waals surface area contributed by atoms with Crippen LogP contribution < -0.4 is 5.73 Å². The van der Waals surface area contributed by atoms with Gasteiger partial charge in [-0.15, -0.1) is 0 Å². The first-order chi connectivity index (χ1) is 9.02. The Bertz CT molecular complexity index is 455. The topological polar surface area (TPSA) is 46.3 Å². The van der Waals surface area contributed by atoms with E-state index in [4.69, 9.17) is 17.3 Å². The van der Waals surface area contributed by atoms with E-state index < -0.39 is 0 Å². The number of nitrogen functional groups attached to an aromatic ring is 1. The number of nitrogens with two attached hydrogens (primary N) is 1. The van der Waals surface area contributed by atoms with Crippen LogP contribution in [-0.2, 0) is 0 Å². The first kappa shape index (κ1) is 14.2. The van der Waals surface area contributed by atoms with Crippen LogP contribution in [0.5, 0.6) is 0 Å². The highest BCUT2D eigenvalue weighted by molar-refractivity contribution is 6.34. The number of benzene rings is 1. The minimum Gasteiger partial charge on any atom is -0.398 e. The molecular formula is C15H21ClN2O. The van der Waals surface area contributed by atoms with E-state index in [1.807, 2.05) is 11.9 Å². The highest BCUT2D eigenvalue weighted by Crippen LogP contribution is 2.30. The molecule has 2 unspecified atom stereocenters. The Balaban J connectivity index is 2.23. The van der Waals surface area contributed by atoms with E-state index >= 15 is 0 Å². The van der Waals surface area contributed by atoms with Gasteiger partial charge >= 0.3 is 0 Å². The Morgan fingerprint density at radius 2 is 2.05 bits per heavy atom. The summed E-state index contributed by atoms with van der Waals surface area (Å²) in [6, 6.07) is 5.48. The maximum Gasteiger partial charge on any atom is 0.257 e. The minimum absolute atomic E-state index is 0.0677. The van der Waals surface area contributed by atoms with E-state index in [1.54, 1.807) is 18.2 Å². The van der Waals surface area contributed by atoms with E-state index in [0.717, 1.165) is 6.42 Å². The van der Waals surface area contributed by atoms with E-state index in [-0.39, 0.29) is 11.9 Å². The third-order valence-corrected chi connectivity index (χ3v) is 4.46. The molecule has 1 aromatic rings. The SMILES string of the molecule is CC1CCCCC1N(C)C(=O)c1c(N)cccc1Cl. The normalized spacial score (nSPS) is 23.1. The molecule has 1 aromatic carbocycles. The molecule has 2 rings (SSSR count). The number of hydrogen-bond acceptors (Lipinski definition) is 2. The lowest BCUT2D eigenvalue weighted by Crippen LogP contribution is -2.42. The highest BCUT2D eigenvalue weighted by Gasteiger charge is 2.29. The number of rotatable bonds is 2. The highest BCUT2D eigenvalue weighted by atomic mass is 35.5. The summed E-state index contributed by atoms with van der Waals surface area (Å²) >= 11 is 6.12. The van der Waals surface area contributed by atoms with E-state index in [2.05, 4.69) is 6.92 Å². The van der Waals surface area contributed by atoms with Crippen molar-refractivity contribution in [2.24, 2.45) is 5.92 Å². The van der Waals surface area contributed by atoms with Crippen molar-refractivity contribution < 1.29 is 4.79 Å². The largest absolute Gasteiger partial charge is 0.398 e. The molecule has 0 bridgehead atoms. The lowest BCUT2D eigenvalue weighted by atomic mass is 9.85. The molecule has 0 saturated heterocycles. The monoisotopic (exact) mass is 280 g/mol. The number of carbonyl (C=O) groups excluding carboxylic acids is 1. The van der Waals surface area contributed by atoms with Crippen molar-refractivity contribution in [3.8, 4) is 0 Å². The number of anilines is 1. The smallest absolute Gasteiger partial charge is 0.257 e. The predicted molar refractivity (Wildman–Crippen MR) is 79.4 cm³/mol. The Hall–Kier alpha value is -1.22. The summed E-state index contributed by atoms with van der Waals surface area (Å²) in [5.74, 6) is 0.466. The Morgan fingerprint density at radius 1 is 1.37 bits per heavy atom. The summed E-state index contributed by atoms with van der Waals surface area (Å²) in [5.41, 5.74) is 6.78. The molecule has 4 heteroatoms. The molecular weight excluding hydrogens is 260 g/mol. The Labute approximate surface area is 119 Å². The molecule has 1 aliphatic rings. The molecule has 2 atom stereocenters. The second-order valence-electron chi connectivity index (χ2n) is 5.45. The number of hydrogen-bond donors (Lipinski definition) is 1. The zero-order chi connectivity index (χ0) is 14.0. The molecule has 1 fully saturated rings. The molecule has 104 valence electrons. The second kappa shape index (κ2) is 5.83. The standard InChI is InChI=1S/C15H21ClN2O/c1-10-6-3-4-9-13(10)18(2)15(19)14-11(16)7-5-8-12(14)17/h5,7-8,10,13H,3-4,6,9,17H2,1-2H3. The van der Waals surface area contributed by atoms with Crippen molar-refractivity contribution in [3.63, 3.8) is 0 Å². The van der Waals surface area contributed by atoms with Crippen LogP contribution in [0.15, 0.2) is 18.2 Å². The van der Waals surface area contributed by atoms with Crippen molar-refractivity contribution in [2.75, 3.05) is 12.8 Å².